The molecule has 0 spiro atoms. The van der Waals surface area contributed by atoms with Gasteiger partial charge >= 0.3 is 0 Å². The van der Waals surface area contributed by atoms with Crippen molar-refractivity contribution in [2.24, 2.45) is 5.10 Å². The van der Waals surface area contributed by atoms with E-state index in [0.29, 0.717) is 31.1 Å². The fourth-order valence-electron chi connectivity index (χ4n) is 2.94. The van der Waals surface area contributed by atoms with E-state index < -0.39 is 10.0 Å². The van der Waals surface area contributed by atoms with Crippen LogP contribution >= 0.6 is 0 Å². The Kier molecular flexibility index (Phi) is 6.56. The van der Waals surface area contributed by atoms with Crippen LogP contribution in [-0.4, -0.2) is 62.5 Å². The molecular weight excluding hydrogens is 376 g/mol. The van der Waals surface area contributed by atoms with Gasteiger partial charge in [0.1, 0.15) is 0 Å². The highest BCUT2D eigenvalue weighted by Crippen LogP contribution is 2.18. The molecule has 1 saturated heterocycles. The molecule has 0 atom stereocenters. The Morgan fingerprint density at radius 1 is 1.04 bits per heavy atom. The third-order valence-electron chi connectivity index (χ3n) is 4.56. The molecule has 3 rings (SSSR count). The van der Waals surface area contributed by atoms with Crippen LogP contribution in [0.3, 0.4) is 0 Å². The van der Waals surface area contributed by atoms with E-state index in [9.17, 15) is 13.2 Å². The van der Waals surface area contributed by atoms with Crippen LogP contribution < -0.4 is 5.43 Å². The fraction of sp³-hybridized carbons (Fsp3) is 0.300. The van der Waals surface area contributed by atoms with Crippen molar-refractivity contribution in [2.75, 3.05) is 32.7 Å². The summed E-state index contributed by atoms with van der Waals surface area (Å²) in [5.41, 5.74) is 4.43. The average Bonchev–Trinajstić information content (AvgIpc) is 2.69. The van der Waals surface area contributed by atoms with Gasteiger partial charge in [-0.1, -0.05) is 48.0 Å². The van der Waals surface area contributed by atoms with Crippen molar-refractivity contribution in [1.29, 1.82) is 0 Å². The summed E-state index contributed by atoms with van der Waals surface area (Å²) in [5.74, 6) is -0.220. The van der Waals surface area contributed by atoms with Crippen molar-refractivity contribution in [3.05, 3.63) is 65.7 Å². The molecule has 0 aromatic heterocycles. The Balaban J connectivity index is 1.48. The van der Waals surface area contributed by atoms with Gasteiger partial charge in [0.2, 0.25) is 10.0 Å². The van der Waals surface area contributed by atoms with Crippen molar-refractivity contribution in [3.8, 4) is 0 Å². The number of rotatable bonds is 6. The van der Waals surface area contributed by atoms with E-state index in [-0.39, 0.29) is 12.5 Å². The molecule has 1 N–H and O–H groups in total. The molecule has 1 aliphatic heterocycles. The Bertz CT molecular complexity index is 920. The number of carbonyl (C=O) groups is 1. The minimum absolute atomic E-state index is 0.185. The van der Waals surface area contributed by atoms with Gasteiger partial charge in [-0.05, 0) is 24.6 Å². The normalized spacial score (nSPS) is 16.3. The number of nitrogens with zero attached hydrogens (tertiary/aromatic N) is 3. The van der Waals surface area contributed by atoms with Crippen LogP contribution in [0.15, 0.2) is 64.6 Å². The monoisotopic (exact) mass is 400 g/mol. The molecule has 8 heteroatoms. The van der Waals surface area contributed by atoms with E-state index >= 15 is 0 Å². The zero-order chi connectivity index (χ0) is 20.0. The number of sulfonamides is 1. The van der Waals surface area contributed by atoms with Gasteiger partial charge in [-0.2, -0.15) is 9.41 Å². The molecule has 28 heavy (non-hydrogen) atoms. The lowest BCUT2D eigenvalue weighted by Crippen LogP contribution is -2.50. The Labute approximate surface area is 165 Å². The highest BCUT2D eigenvalue weighted by Gasteiger charge is 2.28. The first-order valence-corrected chi connectivity index (χ1v) is 10.6. The standard InChI is InChI=1S/C20H24N4O3S/c1-17-7-9-19(10-8-17)28(26,27)24-13-11-23(12-14-24)16-20(25)22-21-15-18-5-3-2-4-6-18/h2-10,15H,11-14,16H2,1H3,(H,22,25). The van der Waals surface area contributed by atoms with Gasteiger partial charge < -0.3 is 0 Å². The Morgan fingerprint density at radius 3 is 2.32 bits per heavy atom. The maximum atomic E-state index is 12.7. The van der Waals surface area contributed by atoms with Gasteiger partial charge in [0, 0.05) is 26.2 Å². The van der Waals surface area contributed by atoms with E-state index in [1.54, 1.807) is 30.5 Å². The second kappa shape index (κ2) is 9.09. The van der Waals surface area contributed by atoms with Crippen LogP contribution in [-0.2, 0) is 14.8 Å². The Hall–Kier alpha value is -2.55. The second-order valence-corrected chi connectivity index (χ2v) is 8.64. The van der Waals surface area contributed by atoms with Crippen molar-refractivity contribution in [2.45, 2.75) is 11.8 Å². The number of aryl methyl sites for hydroxylation is 1. The zero-order valence-electron chi connectivity index (χ0n) is 15.8. The molecule has 1 amide bonds. The summed E-state index contributed by atoms with van der Waals surface area (Å²) in [6.45, 7) is 3.82. The minimum atomic E-state index is -3.49. The first-order valence-electron chi connectivity index (χ1n) is 9.11. The molecule has 148 valence electrons. The van der Waals surface area contributed by atoms with Crippen LogP contribution in [0.25, 0.3) is 0 Å². The summed E-state index contributed by atoms with van der Waals surface area (Å²) in [5, 5.41) is 3.95. The number of benzene rings is 2. The molecule has 2 aromatic carbocycles. The van der Waals surface area contributed by atoms with Gasteiger partial charge in [-0.25, -0.2) is 13.8 Å². The smallest absolute Gasteiger partial charge is 0.254 e. The van der Waals surface area contributed by atoms with Crippen LogP contribution in [0.5, 0.6) is 0 Å². The molecule has 0 aliphatic carbocycles. The summed E-state index contributed by atoms with van der Waals surface area (Å²) in [6.07, 6.45) is 1.59. The quantitative estimate of drug-likeness (QED) is 0.588. The summed E-state index contributed by atoms with van der Waals surface area (Å²) >= 11 is 0. The second-order valence-electron chi connectivity index (χ2n) is 6.70. The number of hydrogen-bond donors (Lipinski definition) is 1. The first kappa shape index (κ1) is 20.2. The van der Waals surface area contributed by atoms with Gasteiger partial charge in [0.25, 0.3) is 5.91 Å². The number of nitrogens with one attached hydrogen (secondary N) is 1. The van der Waals surface area contributed by atoms with Crippen molar-refractivity contribution in [3.63, 3.8) is 0 Å². The van der Waals surface area contributed by atoms with Crippen LogP contribution in [0, 0.1) is 6.92 Å². The van der Waals surface area contributed by atoms with Gasteiger partial charge in [-0.15, -0.1) is 0 Å². The van der Waals surface area contributed by atoms with Crippen LogP contribution in [0.2, 0.25) is 0 Å². The average molecular weight is 401 g/mol. The highest BCUT2D eigenvalue weighted by molar-refractivity contribution is 7.89. The van der Waals surface area contributed by atoms with E-state index in [1.165, 1.54) is 4.31 Å². The number of amides is 1. The third-order valence-corrected chi connectivity index (χ3v) is 6.47. The Morgan fingerprint density at radius 2 is 1.68 bits per heavy atom. The van der Waals surface area contributed by atoms with E-state index in [0.717, 1.165) is 11.1 Å². The molecule has 0 unspecified atom stereocenters. The van der Waals surface area contributed by atoms with Crippen LogP contribution in [0.4, 0.5) is 0 Å². The van der Waals surface area contributed by atoms with Crippen molar-refractivity contribution >= 4 is 22.1 Å². The molecular formula is C20H24N4O3S. The molecule has 0 radical (unpaired) electrons. The van der Waals surface area contributed by atoms with Crippen molar-refractivity contribution in [1.82, 2.24) is 14.6 Å². The predicted molar refractivity (Wildman–Crippen MR) is 109 cm³/mol. The SMILES string of the molecule is Cc1ccc(S(=O)(=O)N2CCN(CC(=O)NN=Cc3ccccc3)CC2)cc1. The lowest BCUT2D eigenvalue weighted by molar-refractivity contribution is -0.122. The first-order chi connectivity index (χ1) is 13.4. The summed E-state index contributed by atoms with van der Waals surface area (Å²) in [7, 11) is -3.49. The highest BCUT2D eigenvalue weighted by atomic mass is 32.2. The molecule has 2 aromatic rings. The molecule has 1 heterocycles. The van der Waals surface area contributed by atoms with Gasteiger partial charge in [0.05, 0.1) is 17.7 Å². The van der Waals surface area contributed by atoms with Gasteiger partial charge in [0.15, 0.2) is 0 Å². The maximum absolute atomic E-state index is 12.7. The molecule has 1 fully saturated rings. The summed E-state index contributed by atoms with van der Waals surface area (Å²) in [6, 6.07) is 16.3. The number of carbonyl (C=O) groups excluding carboxylic acids is 1. The summed E-state index contributed by atoms with van der Waals surface area (Å²) < 4.78 is 26.9. The molecule has 0 saturated carbocycles. The number of hydrazone groups is 1. The maximum Gasteiger partial charge on any atom is 0.254 e. The van der Waals surface area contributed by atoms with E-state index in [2.05, 4.69) is 10.5 Å². The lowest BCUT2D eigenvalue weighted by atomic mass is 10.2. The molecule has 0 bridgehead atoms. The van der Waals surface area contributed by atoms with E-state index in [1.807, 2.05) is 42.2 Å². The largest absolute Gasteiger partial charge is 0.292 e. The lowest BCUT2D eigenvalue weighted by Gasteiger charge is -2.33. The third kappa shape index (κ3) is 5.25. The van der Waals surface area contributed by atoms with E-state index in [4.69, 9.17) is 0 Å². The minimum Gasteiger partial charge on any atom is -0.292 e. The molecule has 7 nitrogen and oxygen atoms in total. The number of piperazine rings is 1. The predicted octanol–water partition coefficient (Wildman–Crippen LogP) is 1.45. The zero-order valence-corrected chi connectivity index (χ0v) is 16.6. The van der Waals surface area contributed by atoms with Gasteiger partial charge in [-0.3, -0.25) is 9.69 Å². The number of hydrogen-bond acceptors (Lipinski definition) is 5. The fourth-order valence-corrected chi connectivity index (χ4v) is 4.37. The molecule has 1 aliphatic rings. The summed E-state index contributed by atoms with van der Waals surface area (Å²) in [4.78, 5) is 14.3. The van der Waals surface area contributed by atoms with Crippen molar-refractivity contribution < 1.29 is 13.2 Å². The van der Waals surface area contributed by atoms with Crippen LogP contribution in [0.1, 0.15) is 11.1 Å². The topological polar surface area (TPSA) is 82.1 Å².